The first-order chi connectivity index (χ1) is 10.7. The summed E-state index contributed by atoms with van der Waals surface area (Å²) in [6, 6.07) is 12.9. The zero-order chi connectivity index (χ0) is 15.5. The van der Waals surface area contributed by atoms with Gasteiger partial charge in [0, 0.05) is 28.9 Å². The zero-order valence-corrected chi connectivity index (χ0v) is 12.3. The van der Waals surface area contributed by atoms with Crippen LogP contribution in [0.3, 0.4) is 0 Å². The fraction of sp³-hybridized carbons (Fsp3) is 0.118. The predicted octanol–water partition coefficient (Wildman–Crippen LogP) is 3.44. The maximum Gasteiger partial charge on any atom is 0.257 e. The Balaban J connectivity index is 1.88. The van der Waals surface area contributed by atoms with Crippen LogP contribution in [-0.2, 0) is 0 Å². The second-order valence-electron chi connectivity index (χ2n) is 4.77. The molecule has 3 rings (SSSR count). The molecule has 1 heterocycles. The Bertz CT molecular complexity index is 824. The van der Waals surface area contributed by atoms with Gasteiger partial charge in [0.2, 0.25) is 0 Å². The van der Waals surface area contributed by atoms with E-state index in [1.807, 2.05) is 24.3 Å². The number of rotatable bonds is 4. The minimum atomic E-state index is -0.176. The van der Waals surface area contributed by atoms with Gasteiger partial charge in [-0.05, 0) is 18.2 Å². The Labute approximate surface area is 127 Å². The molecule has 0 saturated carbocycles. The summed E-state index contributed by atoms with van der Waals surface area (Å²) in [5, 5.41) is 3.76. The number of hydrogen-bond acceptors (Lipinski definition) is 3. The zero-order valence-electron chi connectivity index (χ0n) is 12.3. The number of amides is 1. The molecule has 3 aromatic rings. The maximum absolute atomic E-state index is 12.4. The Morgan fingerprint density at radius 3 is 2.59 bits per heavy atom. The van der Waals surface area contributed by atoms with Gasteiger partial charge in [-0.2, -0.15) is 0 Å². The Morgan fingerprint density at radius 1 is 1.05 bits per heavy atom. The second kappa shape index (κ2) is 5.81. The predicted molar refractivity (Wildman–Crippen MR) is 85.8 cm³/mol. The molecule has 0 aliphatic rings. The molecule has 1 aromatic heterocycles. The SMILES string of the molecule is COc1ccc(NC(=O)c2c[nH]c3ccccc23)cc1OC. The van der Waals surface area contributed by atoms with Gasteiger partial charge in [0.25, 0.3) is 5.91 Å². The quantitative estimate of drug-likeness (QED) is 0.775. The summed E-state index contributed by atoms with van der Waals surface area (Å²) in [7, 11) is 3.13. The summed E-state index contributed by atoms with van der Waals surface area (Å²) in [4.78, 5) is 15.5. The number of nitrogens with one attached hydrogen (secondary N) is 2. The molecule has 5 nitrogen and oxygen atoms in total. The molecule has 0 radical (unpaired) electrons. The number of H-pyrrole nitrogens is 1. The summed E-state index contributed by atoms with van der Waals surface area (Å²) in [5.41, 5.74) is 2.18. The Kier molecular flexibility index (Phi) is 3.70. The molecule has 0 atom stereocenters. The first kappa shape index (κ1) is 14.0. The number of hydrogen-bond donors (Lipinski definition) is 2. The van der Waals surface area contributed by atoms with Crippen LogP contribution >= 0.6 is 0 Å². The molecule has 0 spiro atoms. The molecular weight excluding hydrogens is 280 g/mol. The summed E-state index contributed by atoms with van der Waals surface area (Å²) in [6.45, 7) is 0. The number of ether oxygens (including phenoxy) is 2. The molecule has 5 heteroatoms. The van der Waals surface area contributed by atoms with Gasteiger partial charge in [0.1, 0.15) is 0 Å². The highest BCUT2D eigenvalue weighted by molar-refractivity contribution is 6.12. The lowest BCUT2D eigenvalue weighted by atomic mass is 10.1. The minimum Gasteiger partial charge on any atom is -0.493 e. The van der Waals surface area contributed by atoms with Gasteiger partial charge in [-0.25, -0.2) is 0 Å². The van der Waals surface area contributed by atoms with Gasteiger partial charge >= 0.3 is 0 Å². The van der Waals surface area contributed by atoms with E-state index in [0.717, 1.165) is 10.9 Å². The van der Waals surface area contributed by atoms with Gasteiger partial charge in [-0.15, -0.1) is 0 Å². The molecule has 0 fully saturated rings. The van der Waals surface area contributed by atoms with E-state index < -0.39 is 0 Å². The van der Waals surface area contributed by atoms with Crippen LogP contribution in [0, 0.1) is 0 Å². The molecule has 2 N–H and O–H groups in total. The molecule has 0 aliphatic heterocycles. The average Bonchev–Trinajstić information content (AvgIpc) is 2.98. The van der Waals surface area contributed by atoms with E-state index in [2.05, 4.69) is 10.3 Å². The van der Waals surface area contributed by atoms with E-state index in [9.17, 15) is 4.79 Å². The third-order valence-corrected chi connectivity index (χ3v) is 3.48. The highest BCUT2D eigenvalue weighted by Gasteiger charge is 2.13. The monoisotopic (exact) mass is 296 g/mol. The van der Waals surface area contributed by atoms with E-state index in [4.69, 9.17) is 9.47 Å². The molecular formula is C17H16N2O3. The van der Waals surface area contributed by atoms with Crippen LogP contribution in [0.25, 0.3) is 10.9 Å². The Morgan fingerprint density at radius 2 is 1.82 bits per heavy atom. The Hall–Kier alpha value is -2.95. The molecule has 1 amide bonds. The van der Waals surface area contributed by atoms with Gasteiger partial charge < -0.3 is 19.8 Å². The van der Waals surface area contributed by atoms with E-state index in [1.165, 1.54) is 0 Å². The normalized spacial score (nSPS) is 10.5. The van der Waals surface area contributed by atoms with Crippen LogP contribution in [0.4, 0.5) is 5.69 Å². The van der Waals surface area contributed by atoms with Crippen molar-refractivity contribution in [3.05, 3.63) is 54.2 Å². The number of carbonyl (C=O) groups is 1. The van der Waals surface area contributed by atoms with Crippen LogP contribution in [0.2, 0.25) is 0 Å². The molecule has 22 heavy (non-hydrogen) atoms. The fourth-order valence-corrected chi connectivity index (χ4v) is 2.37. The average molecular weight is 296 g/mol. The number of aromatic amines is 1. The van der Waals surface area contributed by atoms with Crippen LogP contribution in [0.5, 0.6) is 11.5 Å². The number of methoxy groups -OCH3 is 2. The van der Waals surface area contributed by atoms with Crippen LogP contribution in [-0.4, -0.2) is 25.1 Å². The first-order valence-corrected chi connectivity index (χ1v) is 6.82. The molecule has 0 aliphatic carbocycles. The van der Waals surface area contributed by atoms with E-state index in [-0.39, 0.29) is 5.91 Å². The van der Waals surface area contributed by atoms with E-state index in [0.29, 0.717) is 22.7 Å². The standard InChI is InChI=1S/C17H16N2O3/c1-21-15-8-7-11(9-16(15)22-2)19-17(20)13-10-18-14-6-4-3-5-12(13)14/h3-10,18H,1-2H3,(H,19,20). The lowest BCUT2D eigenvalue weighted by molar-refractivity contribution is 0.102. The van der Waals surface area contributed by atoms with E-state index >= 15 is 0 Å². The number of anilines is 1. The fourth-order valence-electron chi connectivity index (χ4n) is 2.37. The molecule has 0 bridgehead atoms. The molecule has 0 unspecified atom stereocenters. The number of aromatic nitrogens is 1. The third-order valence-electron chi connectivity index (χ3n) is 3.48. The first-order valence-electron chi connectivity index (χ1n) is 6.82. The van der Waals surface area contributed by atoms with Crippen molar-refractivity contribution < 1.29 is 14.3 Å². The van der Waals surface area contributed by atoms with Crippen molar-refractivity contribution >= 4 is 22.5 Å². The van der Waals surface area contributed by atoms with Crippen molar-refractivity contribution in [2.75, 3.05) is 19.5 Å². The lowest BCUT2D eigenvalue weighted by Crippen LogP contribution is -2.11. The largest absolute Gasteiger partial charge is 0.493 e. The van der Waals surface area contributed by atoms with Crippen molar-refractivity contribution in [3.63, 3.8) is 0 Å². The smallest absolute Gasteiger partial charge is 0.257 e. The minimum absolute atomic E-state index is 0.176. The number of fused-ring (bicyclic) bond motifs is 1. The number of benzene rings is 2. The highest BCUT2D eigenvalue weighted by Crippen LogP contribution is 2.30. The summed E-state index contributed by atoms with van der Waals surface area (Å²) < 4.78 is 10.4. The van der Waals surface area contributed by atoms with Gasteiger partial charge in [0.15, 0.2) is 11.5 Å². The van der Waals surface area contributed by atoms with Crippen molar-refractivity contribution in [1.82, 2.24) is 4.98 Å². The van der Waals surface area contributed by atoms with Crippen molar-refractivity contribution in [2.24, 2.45) is 0 Å². The maximum atomic E-state index is 12.4. The van der Waals surface area contributed by atoms with Crippen LogP contribution in [0.1, 0.15) is 10.4 Å². The number of para-hydroxylation sites is 1. The van der Waals surface area contributed by atoms with Gasteiger partial charge in [-0.3, -0.25) is 4.79 Å². The summed E-state index contributed by atoms with van der Waals surface area (Å²) >= 11 is 0. The summed E-state index contributed by atoms with van der Waals surface area (Å²) in [6.07, 6.45) is 1.71. The lowest BCUT2D eigenvalue weighted by Gasteiger charge is -2.10. The molecule has 112 valence electrons. The van der Waals surface area contributed by atoms with E-state index in [1.54, 1.807) is 38.6 Å². The van der Waals surface area contributed by atoms with Crippen LogP contribution in [0.15, 0.2) is 48.7 Å². The second-order valence-corrected chi connectivity index (χ2v) is 4.77. The van der Waals surface area contributed by atoms with Crippen LogP contribution < -0.4 is 14.8 Å². The molecule has 0 saturated heterocycles. The van der Waals surface area contributed by atoms with Gasteiger partial charge in [0.05, 0.1) is 19.8 Å². The summed E-state index contributed by atoms with van der Waals surface area (Å²) in [5.74, 6) is 1.01. The van der Waals surface area contributed by atoms with Crippen molar-refractivity contribution in [1.29, 1.82) is 0 Å². The van der Waals surface area contributed by atoms with Crippen molar-refractivity contribution in [3.8, 4) is 11.5 Å². The van der Waals surface area contributed by atoms with Crippen molar-refractivity contribution in [2.45, 2.75) is 0 Å². The van der Waals surface area contributed by atoms with Gasteiger partial charge in [-0.1, -0.05) is 18.2 Å². The molecule has 2 aromatic carbocycles. The third kappa shape index (κ3) is 2.48. The topological polar surface area (TPSA) is 63.3 Å². The highest BCUT2D eigenvalue weighted by atomic mass is 16.5. The number of carbonyl (C=O) groups excluding carboxylic acids is 1.